The van der Waals surface area contributed by atoms with Gasteiger partial charge in [-0.05, 0) is 11.4 Å². The molecule has 0 saturated heterocycles. The second-order valence-corrected chi connectivity index (χ2v) is 3.93. The summed E-state index contributed by atoms with van der Waals surface area (Å²) in [5.41, 5.74) is 0. The van der Waals surface area contributed by atoms with Crippen LogP contribution in [0.4, 0.5) is 0 Å². The highest BCUT2D eigenvalue weighted by Crippen LogP contribution is 2.21. The van der Waals surface area contributed by atoms with E-state index < -0.39 is 39.2 Å². The first-order chi connectivity index (χ1) is 8.66. The van der Waals surface area contributed by atoms with Crippen LogP contribution in [0.5, 0.6) is 0 Å². The molecule has 1 N–H and O–H groups in total. The van der Waals surface area contributed by atoms with Gasteiger partial charge < -0.3 is 0 Å². The van der Waals surface area contributed by atoms with Gasteiger partial charge in [0.15, 0.2) is 0 Å². The van der Waals surface area contributed by atoms with Gasteiger partial charge in [0.05, 0.1) is 6.85 Å². The third-order valence-electron chi connectivity index (χ3n) is 1.67. The summed E-state index contributed by atoms with van der Waals surface area (Å²) in [5.74, 6) is 0. The molecule has 0 bridgehead atoms. The van der Waals surface area contributed by atoms with E-state index in [-0.39, 0.29) is 16.8 Å². The molecular weight excluding hydrogens is 200 g/mol. The van der Waals surface area contributed by atoms with E-state index in [0.29, 0.717) is 0 Å². The van der Waals surface area contributed by atoms with Gasteiger partial charge in [-0.15, -0.1) is 0 Å². The molecule has 0 heterocycles. The van der Waals surface area contributed by atoms with E-state index in [4.69, 9.17) is 11.4 Å². The van der Waals surface area contributed by atoms with Crippen LogP contribution in [0.1, 0.15) is 6.85 Å². The van der Waals surface area contributed by atoms with Gasteiger partial charge in [-0.1, -0.05) is 36.3 Å². The highest BCUT2D eigenvalue weighted by atomic mass is 32.2. The quantitative estimate of drug-likeness (QED) is 0.738. The molecule has 2 aromatic carbocycles. The van der Waals surface area contributed by atoms with Crippen LogP contribution < -0.4 is 0 Å². The van der Waals surface area contributed by atoms with Gasteiger partial charge >= 0.3 is 0 Å². The molecule has 72 valence electrons. The van der Waals surface area contributed by atoms with Crippen LogP contribution in [0.25, 0.3) is 10.8 Å². The second kappa shape index (κ2) is 3.08. The van der Waals surface area contributed by atoms with Crippen LogP contribution >= 0.6 is 0 Å². The van der Waals surface area contributed by atoms with Crippen LogP contribution in [0.15, 0.2) is 47.2 Å². The molecule has 0 unspecified atom stereocenters. The molecule has 0 aliphatic rings. The zero-order chi connectivity index (χ0) is 14.5. The first kappa shape index (κ1) is 4.91. The van der Waals surface area contributed by atoms with Crippen molar-refractivity contribution in [1.82, 2.24) is 0 Å². The van der Waals surface area contributed by atoms with Crippen LogP contribution in [0.2, 0.25) is 0 Å². The lowest BCUT2D eigenvalue weighted by Crippen LogP contribution is -1.98. The number of rotatable bonds is 1. The molecule has 2 aromatic rings. The van der Waals surface area contributed by atoms with Crippen molar-refractivity contribution < 1.29 is 19.8 Å². The van der Waals surface area contributed by atoms with Crippen LogP contribution in [0.3, 0.4) is 0 Å². The molecule has 0 amide bonds. The van der Waals surface area contributed by atoms with E-state index in [9.17, 15) is 8.42 Å². The molecule has 0 aliphatic carbocycles. The topological polar surface area (TPSA) is 54.4 Å². The van der Waals surface area contributed by atoms with Crippen LogP contribution in [-0.4, -0.2) is 13.0 Å². The Morgan fingerprint density at radius 1 is 1.21 bits per heavy atom. The van der Waals surface area contributed by atoms with Crippen molar-refractivity contribution in [2.24, 2.45) is 0 Å². The lowest BCUT2D eigenvalue weighted by atomic mass is 10.1. The molecule has 0 spiro atoms. The first-order valence-corrected chi connectivity index (χ1v) is 5.07. The molecule has 0 saturated carbocycles. The van der Waals surface area contributed by atoms with Gasteiger partial charge in [0, 0.05) is 5.39 Å². The van der Waals surface area contributed by atoms with E-state index >= 15 is 0 Å². The first-order valence-electron chi connectivity index (χ1n) is 6.13. The lowest BCUT2D eigenvalue weighted by Gasteiger charge is -2.02. The molecule has 2 rings (SSSR count). The Bertz CT molecular complexity index is 801. The maximum atomic E-state index is 11.3. The van der Waals surface area contributed by atoms with Gasteiger partial charge in [-0.2, -0.15) is 8.42 Å². The SMILES string of the molecule is [2H]c1ccc2c(S(=O)(=O)O)c([2H])c([2H])c([2H])c2c1[2H]. The van der Waals surface area contributed by atoms with Gasteiger partial charge in [0.2, 0.25) is 0 Å². The minimum absolute atomic E-state index is 0.200. The normalized spacial score (nSPS) is 16.8. The fourth-order valence-electron chi connectivity index (χ4n) is 1.10. The molecule has 0 aromatic heterocycles. The lowest BCUT2D eigenvalue weighted by molar-refractivity contribution is 0.484. The van der Waals surface area contributed by atoms with Gasteiger partial charge in [0.1, 0.15) is 4.90 Å². The summed E-state index contributed by atoms with van der Waals surface area (Å²) in [4.78, 5) is -0.808. The minimum Gasteiger partial charge on any atom is -0.282 e. The Morgan fingerprint density at radius 3 is 2.64 bits per heavy atom. The van der Waals surface area contributed by atoms with Crippen molar-refractivity contribution in [3.8, 4) is 0 Å². The molecule has 0 atom stereocenters. The molecular formula is C10H8O3S. The number of hydrogen-bond donors (Lipinski definition) is 1. The van der Waals surface area contributed by atoms with Crippen molar-refractivity contribution in [2.45, 2.75) is 4.90 Å². The predicted molar refractivity (Wildman–Crippen MR) is 53.8 cm³/mol. The van der Waals surface area contributed by atoms with E-state index in [0.717, 1.165) is 12.1 Å². The summed E-state index contributed by atoms with van der Waals surface area (Å²) in [5, 5.41) is -0.435. The van der Waals surface area contributed by atoms with Gasteiger partial charge in [-0.3, -0.25) is 4.55 Å². The zero-order valence-corrected chi connectivity index (χ0v) is 7.64. The highest BCUT2D eigenvalue weighted by molar-refractivity contribution is 7.86. The summed E-state index contributed by atoms with van der Waals surface area (Å²) >= 11 is 0. The summed E-state index contributed by atoms with van der Waals surface area (Å²) in [6, 6.07) is -0.376. The fraction of sp³-hybridized carbons (Fsp3) is 0. The van der Waals surface area contributed by atoms with Crippen LogP contribution in [-0.2, 0) is 10.1 Å². The number of hydrogen-bond acceptors (Lipinski definition) is 2. The second-order valence-electron chi connectivity index (χ2n) is 2.57. The molecule has 4 heteroatoms. The smallest absolute Gasteiger partial charge is 0.282 e. The molecule has 14 heavy (non-hydrogen) atoms. The standard InChI is InChI=1S/C10H8O3S/c11-14(12,13)10-7-3-5-8-4-1-2-6-9(8)10/h1-7H,(H,11,12,13)/i1D,3D,4D,5D,7D. The largest absolute Gasteiger partial charge is 0.295 e. The summed E-state index contributed by atoms with van der Waals surface area (Å²) in [7, 11) is -4.76. The van der Waals surface area contributed by atoms with Crippen molar-refractivity contribution >= 4 is 20.9 Å². The summed E-state index contributed by atoms with van der Waals surface area (Å²) in [6.07, 6.45) is 0. The van der Waals surface area contributed by atoms with Gasteiger partial charge in [-0.25, -0.2) is 0 Å². The Kier molecular flexibility index (Phi) is 1.08. The molecule has 0 radical (unpaired) electrons. The Morgan fingerprint density at radius 2 is 1.93 bits per heavy atom. The highest BCUT2D eigenvalue weighted by Gasteiger charge is 2.12. The van der Waals surface area contributed by atoms with E-state index in [1.54, 1.807) is 0 Å². The summed E-state index contributed by atoms with van der Waals surface area (Å²) in [6.45, 7) is 0. The van der Waals surface area contributed by atoms with Crippen molar-refractivity contribution in [3.05, 3.63) is 42.3 Å². The van der Waals surface area contributed by atoms with Crippen molar-refractivity contribution in [3.63, 3.8) is 0 Å². The number of benzene rings is 2. The van der Waals surface area contributed by atoms with E-state index in [2.05, 4.69) is 0 Å². The molecule has 3 nitrogen and oxygen atoms in total. The Hall–Kier alpha value is -1.39. The average Bonchev–Trinajstić information content (AvgIpc) is 2.29. The zero-order valence-electron chi connectivity index (χ0n) is 11.8. The molecule has 0 fully saturated rings. The van der Waals surface area contributed by atoms with E-state index in [1.165, 1.54) is 0 Å². The van der Waals surface area contributed by atoms with Gasteiger partial charge in [0.25, 0.3) is 10.1 Å². The monoisotopic (exact) mass is 213 g/mol. The number of fused-ring (bicyclic) bond motifs is 1. The molecule has 0 aliphatic heterocycles. The maximum absolute atomic E-state index is 11.3. The fourth-order valence-corrected chi connectivity index (χ4v) is 1.73. The Balaban J connectivity index is 3.20. The van der Waals surface area contributed by atoms with Crippen molar-refractivity contribution in [1.29, 1.82) is 0 Å². The average molecular weight is 213 g/mol. The third-order valence-corrected chi connectivity index (χ3v) is 2.50. The van der Waals surface area contributed by atoms with Crippen molar-refractivity contribution in [2.75, 3.05) is 0 Å². The van der Waals surface area contributed by atoms with E-state index in [1.807, 2.05) is 0 Å². The van der Waals surface area contributed by atoms with Crippen LogP contribution in [0, 0.1) is 0 Å². The third kappa shape index (κ3) is 1.49. The minimum atomic E-state index is -4.76. The Labute approximate surface area is 88.8 Å². The maximum Gasteiger partial charge on any atom is 0.295 e. The summed E-state index contributed by atoms with van der Waals surface area (Å²) < 4.78 is 69.6. The predicted octanol–water partition coefficient (Wildman–Crippen LogP) is 2.09.